The van der Waals surface area contributed by atoms with E-state index in [1.165, 1.54) is 14.2 Å². The Bertz CT molecular complexity index is 607. The molecule has 25 heavy (non-hydrogen) atoms. The van der Waals surface area contributed by atoms with Crippen molar-refractivity contribution < 1.29 is 23.8 Å². The molecule has 2 unspecified atom stereocenters. The molecule has 6 heteroatoms. The Balaban J connectivity index is 2.07. The van der Waals surface area contributed by atoms with E-state index < -0.39 is 18.1 Å². The Morgan fingerprint density at radius 3 is 2.24 bits per heavy atom. The maximum Gasteiger partial charge on any atom is 0.228 e. The van der Waals surface area contributed by atoms with Gasteiger partial charge in [-0.1, -0.05) is 12.2 Å². The first kappa shape index (κ1) is 19.1. The molecule has 1 aliphatic rings. The van der Waals surface area contributed by atoms with Crippen molar-refractivity contribution in [2.24, 2.45) is 11.8 Å². The highest BCUT2D eigenvalue weighted by atomic mass is 16.7. The van der Waals surface area contributed by atoms with E-state index in [0.29, 0.717) is 25.1 Å². The number of allylic oxidation sites excluding steroid dienone is 2. The van der Waals surface area contributed by atoms with Gasteiger partial charge in [-0.05, 0) is 44.0 Å². The molecule has 1 aromatic rings. The number of amides is 1. The Hall–Kier alpha value is -2.18. The molecule has 0 saturated carbocycles. The lowest BCUT2D eigenvalue weighted by atomic mass is 9.79. The van der Waals surface area contributed by atoms with Crippen molar-refractivity contribution in [1.29, 1.82) is 0 Å². The van der Waals surface area contributed by atoms with Crippen LogP contribution in [0.25, 0.3) is 0 Å². The van der Waals surface area contributed by atoms with E-state index in [0.717, 1.165) is 5.75 Å². The van der Waals surface area contributed by atoms with Crippen molar-refractivity contribution in [3.05, 3.63) is 36.4 Å². The maximum absolute atomic E-state index is 12.7. The number of benzene rings is 1. The zero-order valence-electron chi connectivity index (χ0n) is 14.9. The summed E-state index contributed by atoms with van der Waals surface area (Å²) < 4.78 is 15.5. The van der Waals surface area contributed by atoms with Crippen LogP contribution in [0.2, 0.25) is 0 Å². The number of carbonyl (C=O) groups is 2. The second kappa shape index (κ2) is 9.34. The summed E-state index contributed by atoms with van der Waals surface area (Å²) in [6, 6.07) is 7.17. The number of methoxy groups -OCH3 is 2. The Labute approximate surface area is 148 Å². The van der Waals surface area contributed by atoms with Crippen LogP contribution in [-0.4, -0.2) is 38.8 Å². The summed E-state index contributed by atoms with van der Waals surface area (Å²) >= 11 is 0. The van der Waals surface area contributed by atoms with Gasteiger partial charge in [0.1, 0.15) is 5.75 Å². The largest absolute Gasteiger partial charge is 0.494 e. The zero-order chi connectivity index (χ0) is 18.2. The first-order valence-electron chi connectivity index (χ1n) is 8.38. The summed E-state index contributed by atoms with van der Waals surface area (Å²) in [5, 5.41) is 2.88. The minimum absolute atomic E-state index is 0.183. The number of Topliss-reactive ketones (excluding diaryl/α,β-unsaturated/α-hetero) is 1. The van der Waals surface area contributed by atoms with E-state index in [9.17, 15) is 9.59 Å². The third-order valence-corrected chi connectivity index (χ3v) is 4.23. The number of carbonyl (C=O) groups excluding carboxylic acids is 2. The second-order valence-corrected chi connectivity index (χ2v) is 5.81. The highest BCUT2D eigenvalue weighted by Crippen LogP contribution is 2.29. The SMILES string of the molecule is CCOc1ccc(NC(=O)C2CC=CCC2C(=O)C(OC)OC)cc1. The Morgan fingerprint density at radius 2 is 1.68 bits per heavy atom. The van der Waals surface area contributed by atoms with E-state index >= 15 is 0 Å². The number of hydrogen-bond acceptors (Lipinski definition) is 5. The monoisotopic (exact) mass is 347 g/mol. The summed E-state index contributed by atoms with van der Waals surface area (Å²) in [6.07, 6.45) is 3.92. The molecule has 6 nitrogen and oxygen atoms in total. The third-order valence-electron chi connectivity index (χ3n) is 4.23. The molecule has 0 fully saturated rings. The summed E-state index contributed by atoms with van der Waals surface area (Å²) in [5.74, 6) is -0.550. The van der Waals surface area contributed by atoms with Gasteiger partial charge in [0.15, 0.2) is 5.78 Å². The molecule has 0 aromatic heterocycles. The van der Waals surface area contributed by atoms with Gasteiger partial charge in [0, 0.05) is 25.8 Å². The lowest BCUT2D eigenvalue weighted by Crippen LogP contribution is -2.40. The van der Waals surface area contributed by atoms with Gasteiger partial charge in [-0.3, -0.25) is 9.59 Å². The minimum Gasteiger partial charge on any atom is -0.494 e. The molecule has 2 rings (SSSR count). The number of rotatable bonds is 8. The fourth-order valence-electron chi connectivity index (χ4n) is 2.96. The predicted molar refractivity (Wildman–Crippen MR) is 94.4 cm³/mol. The lowest BCUT2D eigenvalue weighted by Gasteiger charge is -2.28. The van der Waals surface area contributed by atoms with Gasteiger partial charge >= 0.3 is 0 Å². The van der Waals surface area contributed by atoms with Gasteiger partial charge in [0.25, 0.3) is 0 Å². The summed E-state index contributed by atoms with van der Waals surface area (Å²) in [5.41, 5.74) is 0.671. The minimum atomic E-state index is -0.947. The van der Waals surface area contributed by atoms with Crippen molar-refractivity contribution in [3.8, 4) is 5.75 Å². The molecule has 0 aliphatic heterocycles. The van der Waals surface area contributed by atoms with Gasteiger partial charge in [-0.25, -0.2) is 0 Å². The normalized spacial score (nSPS) is 19.7. The van der Waals surface area contributed by atoms with Gasteiger partial charge in [-0.2, -0.15) is 0 Å². The van der Waals surface area contributed by atoms with Gasteiger partial charge < -0.3 is 19.5 Å². The molecule has 2 atom stereocenters. The van der Waals surface area contributed by atoms with Crippen LogP contribution in [0.15, 0.2) is 36.4 Å². The number of hydrogen-bond donors (Lipinski definition) is 1. The number of nitrogens with one attached hydrogen (secondary N) is 1. The van der Waals surface area contributed by atoms with Crippen molar-refractivity contribution >= 4 is 17.4 Å². The average molecular weight is 347 g/mol. The molecule has 1 N–H and O–H groups in total. The van der Waals surface area contributed by atoms with E-state index in [2.05, 4.69) is 5.32 Å². The lowest BCUT2D eigenvalue weighted by molar-refractivity contribution is -0.163. The van der Waals surface area contributed by atoms with Crippen LogP contribution in [0.3, 0.4) is 0 Å². The van der Waals surface area contributed by atoms with Crippen LogP contribution in [0.4, 0.5) is 5.69 Å². The Kier molecular flexibility index (Phi) is 7.16. The van der Waals surface area contributed by atoms with Gasteiger partial charge in [-0.15, -0.1) is 0 Å². The molecule has 136 valence electrons. The van der Waals surface area contributed by atoms with Crippen molar-refractivity contribution in [1.82, 2.24) is 0 Å². The molecule has 1 aromatic carbocycles. The van der Waals surface area contributed by atoms with Crippen LogP contribution in [0.5, 0.6) is 5.75 Å². The van der Waals surface area contributed by atoms with Crippen LogP contribution in [-0.2, 0) is 19.1 Å². The van der Waals surface area contributed by atoms with E-state index in [1.54, 1.807) is 24.3 Å². The molecule has 0 heterocycles. The van der Waals surface area contributed by atoms with Crippen LogP contribution in [0, 0.1) is 11.8 Å². The zero-order valence-corrected chi connectivity index (χ0v) is 14.9. The van der Waals surface area contributed by atoms with Crippen LogP contribution >= 0.6 is 0 Å². The molecule has 0 radical (unpaired) electrons. The van der Waals surface area contributed by atoms with E-state index in [1.807, 2.05) is 19.1 Å². The molecular weight excluding hydrogens is 322 g/mol. The summed E-state index contributed by atoms with van der Waals surface area (Å²) in [7, 11) is 2.83. The first-order chi connectivity index (χ1) is 12.1. The summed E-state index contributed by atoms with van der Waals surface area (Å²) in [6.45, 7) is 2.50. The Morgan fingerprint density at radius 1 is 1.08 bits per heavy atom. The van der Waals surface area contributed by atoms with Crippen LogP contribution in [0.1, 0.15) is 19.8 Å². The van der Waals surface area contributed by atoms with Crippen molar-refractivity contribution in [2.75, 3.05) is 26.1 Å². The second-order valence-electron chi connectivity index (χ2n) is 5.81. The van der Waals surface area contributed by atoms with Gasteiger partial charge in [0.05, 0.1) is 12.5 Å². The molecule has 0 saturated heterocycles. The highest BCUT2D eigenvalue weighted by Gasteiger charge is 2.37. The fraction of sp³-hybridized carbons (Fsp3) is 0.474. The van der Waals surface area contributed by atoms with Gasteiger partial charge in [0.2, 0.25) is 12.2 Å². The molecular formula is C19H25NO5. The quantitative estimate of drug-likeness (QED) is 0.578. The molecule has 0 spiro atoms. The highest BCUT2D eigenvalue weighted by molar-refractivity contribution is 5.97. The average Bonchev–Trinajstić information content (AvgIpc) is 2.64. The smallest absolute Gasteiger partial charge is 0.228 e. The maximum atomic E-state index is 12.7. The molecule has 0 bridgehead atoms. The topological polar surface area (TPSA) is 73.9 Å². The summed E-state index contributed by atoms with van der Waals surface area (Å²) in [4.78, 5) is 25.2. The van der Waals surface area contributed by atoms with Crippen molar-refractivity contribution in [3.63, 3.8) is 0 Å². The number of ether oxygens (including phenoxy) is 3. The first-order valence-corrected chi connectivity index (χ1v) is 8.38. The number of anilines is 1. The third kappa shape index (κ3) is 4.90. The van der Waals surface area contributed by atoms with E-state index in [-0.39, 0.29) is 11.7 Å². The fourth-order valence-corrected chi connectivity index (χ4v) is 2.96. The number of ketones is 1. The molecule has 1 aliphatic carbocycles. The predicted octanol–water partition coefficient (Wildman–Crippen LogP) is 2.79. The molecule has 1 amide bonds. The van der Waals surface area contributed by atoms with Crippen molar-refractivity contribution in [2.45, 2.75) is 26.1 Å². The van der Waals surface area contributed by atoms with Crippen LogP contribution < -0.4 is 10.1 Å². The standard InChI is InChI=1S/C19H25NO5/c1-4-25-14-11-9-13(10-12-14)20-18(22)16-8-6-5-7-15(16)17(21)19(23-2)24-3/h5-6,9-12,15-16,19H,4,7-8H2,1-3H3,(H,20,22). The van der Waals surface area contributed by atoms with E-state index in [4.69, 9.17) is 14.2 Å².